The molecule has 19 heavy (non-hydrogen) atoms. The van der Waals surface area contributed by atoms with E-state index < -0.39 is 0 Å². The summed E-state index contributed by atoms with van der Waals surface area (Å²) in [6.07, 6.45) is 0.825. The average Bonchev–Trinajstić information content (AvgIpc) is 2.46. The Morgan fingerprint density at radius 2 is 1.95 bits per heavy atom. The Balaban J connectivity index is 1.82. The number of hydrogen-bond donors (Lipinski definition) is 0. The van der Waals surface area contributed by atoms with Crippen molar-refractivity contribution in [3.05, 3.63) is 29.8 Å². The number of piperazine rings is 1. The number of carbonyl (C=O) groups is 2. The summed E-state index contributed by atoms with van der Waals surface area (Å²) in [5.74, 6) is 0.705. The molecule has 5 heteroatoms. The maximum Gasteiger partial charge on any atom is 0.260 e. The number of aryl methyl sites for hydroxylation is 1. The van der Waals surface area contributed by atoms with Gasteiger partial charge in [0.2, 0.25) is 6.41 Å². The lowest BCUT2D eigenvalue weighted by Crippen LogP contribution is -2.49. The zero-order valence-electron chi connectivity index (χ0n) is 11.0. The van der Waals surface area contributed by atoms with Crippen LogP contribution in [0.15, 0.2) is 24.3 Å². The number of carbonyl (C=O) groups excluding carboxylic acids is 2. The minimum absolute atomic E-state index is 0.0335. The minimum Gasteiger partial charge on any atom is -0.484 e. The molecule has 0 radical (unpaired) electrons. The van der Waals surface area contributed by atoms with E-state index >= 15 is 0 Å². The Hall–Kier alpha value is -2.04. The summed E-state index contributed by atoms with van der Waals surface area (Å²) < 4.78 is 5.53. The Morgan fingerprint density at radius 3 is 2.58 bits per heavy atom. The number of benzene rings is 1. The highest BCUT2D eigenvalue weighted by Crippen LogP contribution is 2.16. The van der Waals surface area contributed by atoms with E-state index in [-0.39, 0.29) is 12.5 Å². The molecule has 1 aliphatic heterocycles. The summed E-state index contributed by atoms with van der Waals surface area (Å²) in [7, 11) is 0. The second kappa shape index (κ2) is 6.22. The Bertz CT molecular complexity index is 454. The van der Waals surface area contributed by atoms with E-state index in [4.69, 9.17) is 4.74 Å². The Labute approximate surface area is 112 Å². The lowest BCUT2D eigenvalue weighted by atomic mass is 10.2. The highest BCUT2D eigenvalue weighted by molar-refractivity contribution is 5.78. The fourth-order valence-electron chi connectivity index (χ4n) is 2.03. The topological polar surface area (TPSA) is 49.9 Å². The molecule has 2 amide bonds. The molecule has 0 atom stereocenters. The third-order valence-corrected chi connectivity index (χ3v) is 3.26. The van der Waals surface area contributed by atoms with Gasteiger partial charge < -0.3 is 14.5 Å². The van der Waals surface area contributed by atoms with Gasteiger partial charge in [-0.2, -0.15) is 0 Å². The molecule has 0 saturated carbocycles. The average molecular weight is 262 g/mol. The van der Waals surface area contributed by atoms with Gasteiger partial charge in [0.05, 0.1) is 0 Å². The fourth-order valence-corrected chi connectivity index (χ4v) is 2.03. The lowest BCUT2D eigenvalue weighted by molar-refractivity contribution is -0.137. The second-order valence-electron chi connectivity index (χ2n) is 4.58. The number of amides is 2. The van der Waals surface area contributed by atoms with Crippen LogP contribution < -0.4 is 4.74 Å². The molecule has 1 aliphatic rings. The molecule has 1 fully saturated rings. The highest BCUT2D eigenvalue weighted by atomic mass is 16.5. The van der Waals surface area contributed by atoms with E-state index in [2.05, 4.69) is 0 Å². The first-order valence-corrected chi connectivity index (χ1v) is 6.36. The largest absolute Gasteiger partial charge is 0.484 e. The van der Waals surface area contributed by atoms with Crippen LogP contribution in [0.2, 0.25) is 0 Å². The summed E-state index contributed by atoms with van der Waals surface area (Å²) in [6, 6.07) is 7.62. The van der Waals surface area contributed by atoms with Gasteiger partial charge in [0, 0.05) is 26.2 Å². The van der Waals surface area contributed by atoms with Crippen LogP contribution in [0.25, 0.3) is 0 Å². The van der Waals surface area contributed by atoms with Crippen molar-refractivity contribution in [2.24, 2.45) is 0 Å². The van der Waals surface area contributed by atoms with Gasteiger partial charge in [-0.3, -0.25) is 9.59 Å². The molecule has 1 aromatic rings. The molecular weight excluding hydrogens is 244 g/mol. The van der Waals surface area contributed by atoms with Gasteiger partial charge in [0.15, 0.2) is 6.61 Å². The zero-order valence-corrected chi connectivity index (χ0v) is 11.0. The van der Waals surface area contributed by atoms with Crippen LogP contribution in [0.3, 0.4) is 0 Å². The zero-order chi connectivity index (χ0) is 13.7. The molecule has 0 unspecified atom stereocenters. The Morgan fingerprint density at radius 1 is 1.26 bits per heavy atom. The van der Waals surface area contributed by atoms with Gasteiger partial charge in [-0.15, -0.1) is 0 Å². The van der Waals surface area contributed by atoms with E-state index in [1.165, 1.54) is 0 Å². The molecule has 1 saturated heterocycles. The fraction of sp³-hybridized carbons (Fsp3) is 0.429. The first-order chi connectivity index (χ1) is 9.20. The van der Waals surface area contributed by atoms with Crippen LogP contribution >= 0.6 is 0 Å². The molecule has 0 bridgehead atoms. The summed E-state index contributed by atoms with van der Waals surface area (Å²) in [5, 5.41) is 0. The quantitative estimate of drug-likeness (QED) is 0.750. The molecule has 1 heterocycles. The Kier molecular flexibility index (Phi) is 4.39. The molecule has 0 N–H and O–H groups in total. The van der Waals surface area contributed by atoms with E-state index in [1.807, 2.05) is 31.2 Å². The van der Waals surface area contributed by atoms with Gasteiger partial charge in [-0.25, -0.2) is 0 Å². The third-order valence-electron chi connectivity index (χ3n) is 3.26. The van der Waals surface area contributed by atoms with Gasteiger partial charge in [0.1, 0.15) is 5.75 Å². The molecule has 1 aromatic carbocycles. The van der Waals surface area contributed by atoms with Crippen LogP contribution in [0.1, 0.15) is 5.56 Å². The van der Waals surface area contributed by atoms with Crippen molar-refractivity contribution >= 4 is 12.3 Å². The van der Waals surface area contributed by atoms with Crippen molar-refractivity contribution in [1.29, 1.82) is 0 Å². The predicted octanol–water partition coefficient (Wildman–Crippen LogP) is 0.674. The van der Waals surface area contributed by atoms with Crippen LogP contribution in [0, 0.1) is 6.92 Å². The first kappa shape index (κ1) is 13.4. The maximum absolute atomic E-state index is 12.0. The predicted molar refractivity (Wildman–Crippen MR) is 70.9 cm³/mol. The normalized spacial score (nSPS) is 15.2. The van der Waals surface area contributed by atoms with E-state index in [0.717, 1.165) is 17.7 Å². The molecule has 5 nitrogen and oxygen atoms in total. The number of rotatable bonds is 4. The van der Waals surface area contributed by atoms with Crippen LogP contribution in [0.5, 0.6) is 5.75 Å². The first-order valence-electron chi connectivity index (χ1n) is 6.36. The molecule has 102 valence electrons. The number of para-hydroxylation sites is 1. The van der Waals surface area contributed by atoms with Crippen LogP contribution in [-0.2, 0) is 9.59 Å². The van der Waals surface area contributed by atoms with Gasteiger partial charge in [-0.1, -0.05) is 18.2 Å². The molecule has 0 spiro atoms. The van der Waals surface area contributed by atoms with Crippen molar-refractivity contribution in [2.45, 2.75) is 6.92 Å². The van der Waals surface area contributed by atoms with Crippen molar-refractivity contribution in [3.8, 4) is 5.75 Å². The number of hydrogen-bond acceptors (Lipinski definition) is 3. The van der Waals surface area contributed by atoms with Gasteiger partial charge >= 0.3 is 0 Å². The van der Waals surface area contributed by atoms with E-state index in [1.54, 1.807) is 9.80 Å². The summed E-state index contributed by atoms with van der Waals surface area (Å²) in [5.41, 5.74) is 1.01. The van der Waals surface area contributed by atoms with Gasteiger partial charge in [0.25, 0.3) is 5.91 Å². The summed E-state index contributed by atoms with van der Waals surface area (Å²) in [6.45, 7) is 4.34. The third kappa shape index (κ3) is 3.47. The monoisotopic (exact) mass is 262 g/mol. The van der Waals surface area contributed by atoms with E-state index in [0.29, 0.717) is 26.2 Å². The summed E-state index contributed by atoms with van der Waals surface area (Å²) >= 11 is 0. The summed E-state index contributed by atoms with van der Waals surface area (Å²) in [4.78, 5) is 26.0. The SMILES string of the molecule is Cc1ccccc1OCC(=O)N1CCN(C=O)CC1. The van der Waals surface area contributed by atoms with Gasteiger partial charge in [-0.05, 0) is 18.6 Å². The highest BCUT2D eigenvalue weighted by Gasteiger charge is 2.20. The van der Waals surface area contributed by atoms with Crippen molar-refractivity contribution in [1.82, 2.24) is 9.80 Å². The molecule has 2 rings (SSSR count). The van der Waals surface area contributed by atoms with E-state index in [9.17, 15) is 9.59 Å². The number of nitrogens with zero attached hydrogens (tertiary/aromatic N) is 2. The standard InChI is InChI=1S/C14H18N2O3/c1-12-4-2-3-5-13(12)19-10-14(18)16-8-6-15(11-17)7-9-16/h2-5,11H,6-10H2,1H3. The molecule has 0 aromatic heterocycles. The van der Waals surface area contributed by atoms with Crippen molar-refractivity contribution in [2.75, 3.05) is 32.8 Å². The lowest BCUT2D eigenvalue weighted by Gasteiger charge is -2.32. The minimum atomic E-state index is -0.0335. The van der Waals surface area contributed by atoms with Crippen molar-refractivity contribution < 1.29 is 14.3 Å². The van der Waals surface area contributed by atoms with Crippen LogP contribution in [-0.4, -0.2) is 54.9 Å². The number of ether oxygens (including phenoxy) is 1. The maximum atomic E-state index is 12.0. The second-order valence-corrected chi connectivity index (χ2v) is 4.58. The molecular formula is C14H18N2O3. The van der Waals surface area contributed by atoms with Crippen molar-refractivity contribution in [3.63, 3.8) is 0 Å². The van der Waals surface area contributed by atoms with Crippen LogP contribution in [0.4, 0.5) is 0 Å². The smallest absolute Gasteiger partial charge is 0.260 e. The molecule has 0 aliphatic carbocycles.